The van der Waals surface area contributed by atoms with Crippen molar-refractivity contribution in [3.05, 3.63) is 72.1 Å². The summed E-state index contributed by atoms with van der Waals surface area (Å²) < 4.78 is 4.97. The number of nitrogens with two attached hydrogens (primary N) is 1. The van der Waals surface area contributed by atoms with E-state index in [1.165, 1.54) is 17.4 Å². The highest BCUT2D eigenvalue weighted by molar-refractivity contribution is 5.64. The Kier molecular flexibility index (Phi) is 3.26. The van der Waals surface area contributed by atoms with Crippen molar-refractivity contribution in [2.75, 3.05) is 5.73 Å². The molecule has 0 unspecified atom stereocenters. The zero-order valence-corrected chi connectivity index (χ0v) is 12.2. The smallest absolute Gasteiger partial charge is 0.147 e. The summed E-state index contributed by atoms with van der Waals surface area (Å²) in [6.45, 7) is 4.19. The van der Waals surface area contributed by atoms with Crippen molar-refractivity contribution < 1.29 is 4.52 Å². The maximum Gasteiger partial charge on any atom is 0.147 e. The summed E-state index contributed by atoms with van der Waals surface area (Å²) >= 11 is 0. The van der Waals surface area contributed by atoms with Gasteiger partial charge in [0.25, 0.3) is 0 Å². The van der Waals surface area contributed by atoms with Gasteiger partial charge in [0, 0.05) is 5.41 Å². The standard InChI is InChI=1S/C18H18N2O/c1-18(2,17-16(19)12-21-20-17)15-10-8-14(9-11-15)13-6-4-3-5-7-13/h3-12H,19H2,1-2H3. The van der Waals surface area contributed by atoms with Gasteiger partial charge >= 0.3 is 0 Å². The molecule has 0 aliphatic rings. The summed E-state index contributed by atoms with van der Waals surface area (Å²) in [5.41, 5.74) is 10.6. The van der Waals surface area contributed by atoms with Crippen LogP contribution < -0.4 is 5.73 Å². The Morgan fingerprint density at radius 1 is 0.905 bits per heavy atom. The Balaban J connectivity index is 1.96. The number of anilines is 1. The quantitative estimate of drug-likeness (QED) is 0.779. The number of nitrogens with zero attached hydrogens (tertiary/aromatic N) is 1. The van der Waals surface area contributed by atoms with Gasteiger partial charge in [-0.2, -0.15) is 0 Å². The summed E-state index contributed by atoms with van der Waals surface area (Å²) in [7, 11) is 0. The molecular formula is C18H18N2O. The first-order valence-corrected chi connectivity index (χ1v) is 6.95. The molecule has 0 saturated carbocycles. The molecule has 0 aliphatic heterocycles. The largest absolute Gasteiger partial charge is 0.395 e. The van der Waals surface area contributed by atoms with Crippen LogP contribution in [0.25, 0.3) is 11.1 Å². The van der Waals surface area contributed by atoms with Crippen molar-refractivity contribution in [2.45, 2.75) is 19.3 Å². The topological polar surface area (TPSA) is 52.0 Å². The first-order chi connectivity index (χ1) is 10.1. The van der Waals surface area contributed by atoms with Crippen molar-refractivity contribution in [3.8, 4) is 11.1 Å². The molecular weight excluding hydrogens is 260 g/mol. The van der Waals surface area contributed by atoms with Gasteiger partial charge < -0.3 is 10.3 Å². The van der Waals surface area contributed by atoms with Crippen molar-refractivity contribution in [3.63, 3.8) is 0 Å². The SMILES string of the molecule is CC(C)(c1ccc(-c2ccccc2)cc1)c1nocc1N. The third kappa shape index (κ3) is 2.42. The summed E-state index contributed by atoms with van der Waals surface area (Å²) in [5.74, 6) is 0. The molecule has 0 radical (unpaired) electrons. The molecule has 21 heavy (non-hydrogen) atoms. The number of rotatable bonds is 3. The molecule has 0 atom stereocenters. The predicted octanol–water partition coefficient (Wildman–Crippen LogP) is 4.25. The third-order valence-corrected chi connectivity index (χ3v) is 3.90. The second-order valence-corrected chi connectivity index (χ2v) is 5.69. The van der Waals surface area contributed by atoms with Gasteiger partial charge in [0.2, 0.25) is 0 Å². The molecule has 3 heteroatoms. The van der Waals surface area contributed by atoms with E-state index >= 15 is 0 Å². The van der Waals surface area contributed by atoms with Gasteiger partial charge in [0.15, 0.2) is 0 Å². The number of hydrogen-bond acceptors (Lipinski definition) is 3. The van der Waals surface area contributed by atoms with E-state index in [4.69, 9.17) is 10.3 Å². The molecule has 0 spiro atoms. The van der Waals surface area contributed by atoms with Crippen LogP contribution in [0.5, 0.6) is 0 Å². The van der Waals surface area contributed by atoms with Crippen LogP contribution in [0.2, 0.25) is 0 Å². The fraction of sp³-hybridized carbons (Fsp3) is 0.167. The van der Waals surface area contributed by atoms with Crippen molar-refractivity contribution in [2.24, 2.45) is 0 Å². The highest BCUT2D eigenvalue weighted by Crippen LogP contribution is 2.34. The number of benzene rings is 2. The van der Waals surface area contributed by atoms with Gasteiger partial charge in [-0.1, -0.05) is 59.8 Å². The summed E-state index contributed by atoms with van der Waals surface area (Å²) in [6.07, 6.45) is 1.48. The second kappa shape index (κ2) is 5.09. The van der Waals surface area contributed by atoms with E-state index in [0.717, 1.165) is 11.3 Å². The lowest BCUT2D eigenvalue weighted by atomic mass is 9.80. The molecule has 3 nitrogen and oxygen atoms in total. The van der Waals surface area contributed by atoms with Gasteiger partial charge in [-0.25, -0.2) is 0 Å². The summed E-state index contributed by atoms with van der Waals surface area (Å²) in [5, 5.41) is 4.04. The van der Waals surface area contributed by atoms with E-state index < -0.39 is 0 Å². The minimum absolute atomic E-state index is 0.285. The molecule has 2 N–H and O–H groups in total. The predicted molar refractivity (Wildman–Crippen MR) is 84.9 cm³/mol. The molecule has 3 aromatic rings. The van der Waals surface area contributed by atoms with Crippen LogP contribution in [0.4, 0.5) is 5.69 Å². The summed E-state index contributed by atoms with van der Waals surface area (Å²) in [6, 6.07) is 18.8. The van der Waals surface area contributed by atoms with Gasteiger partial charge in [-0.15, -0.1) is 0 Å². The van der Waals surface area contributed by atoms with Gasteiger partial charge in [-0.3, -0.25) is 0 Å². The molecule has 0 bridgehead atoms. The van der Waals surface area contributed by atoms with Crippen LogP contribution in [0.3, 0.4) is 0 Å². The van der Waals surface area contributed by atoms with E-state index in [1.807, 2.05) is 18.2 Å². The van der Waals surface area contributed by atoms with E-state index in [1.54, 1.807) is 0 Å². The molecule has 106 valence electrons. The summed E-state index contributed by atoms with van der Waals surface area (Å²) in [4.78, 5) is 0. The van der Waals surface area contributed by atoms with E-state index in [9.17, 15) is 0 Å². The van der Waals surface area contributed by atoms with Gasteiger partial charge in [0.05, 0.1) is 5.69 Å². The van der Waals surface area contributed by atoms with E-state index in [-0.39, 0.29) is 5.41 Å². The number of aromatic nitrogens is 1. The molecule has 3 rings (SSSR count). The normalized spacial score (nSPS) is 11.5. The molecule has 0 saturated heterocycles. The van der Waals surface area contributed by atoms with Crippen molar-refractivity contribution in [1.29, 1.82) is 0 Å². The maximum absolute atomic E-state index is 5.93. The van der Waals surface area contributed by atoms with Gasteiger partial charge in [0.1, 0.15) is 12.0 Å². The van der Waals surface area contributed by atoms with Crippen LogP contribution in [-0.4, -0.2) is 5.16 Å². The molecule has 0 aliphatic carbocycles. The van der Waals surface area contributed by atoms with Crippen molar-refractivity contribution in [1.82, 2.24) is 5.16 Å². The molecule has 0 amide bonds. The Morgan fingerprint density at radius 3 is 2.10 bits per heavy atom. The molecule has 0 fully saturated rings. The monoisotopic (exact) mass is 278 g/mol. The first-order valence-electron chi connectivity index (χ1n) is 6.95. The molecule has 1 aromatic heterocycles. The lowest BCUT2D eigenvalue weighted by Crippen LogP contribution is -2.20. The number of hydrogen-bond donors (Lipinski definition) is 1. The fourth-order valence-corrected chi connectivity index (χ4v) is 2.57. The van der Waals surface area contributed by atoms with E-state index in [0.29, 0.717) is 5.69 Å². The third-order valence-electron chi connectivity index (χ3n) is 3.90. The second-order valence-electron chi connectivity index (χ2n) is 5.69. The first kappa shape index (κ1) is 13.4. The highest BCUT2D eigenvalue weighted by Gasteiger charge is 2.28. The van der Waals surface area contributed by atoms with Crippen LogP contribution in [-0.2, 0) is 5.41 Å². The lowest BCUT2D eigenvalue weighted by Gasteiger charge is -2.23. The van der Waals surface area contributed by atoms with Crippen LogP contribution in [0, 0.1) is 0 Å². The average molecular weight is 278 g/mol. The Hall–Kier alpha value is -2.55. The average Bonchev–Trinajstić information content (AvgIpc) is 2.95. The molecule has 2 aromatic carbocycles. The molecule has 1 heterocycles. The lowest BCUT2D eigenvalue weighted by molar-refractivity contribution is 0.398. The number of nitrogen functional groups attached to an aromatic ring is 1. The van der Waals surface area contributed by atoms with Crippen LogP contribution in [0.1, 0.15) is 25.1 Å². The Labute approximate surface area is 124 Å². The minimum Gasteiger partial charge on any atom is -0.395 e. The Morgan fingerprint density at radius 2 is 1.52 bits per heavy atom. The van der Waals surface area contributed by atoms with Crippen molar-refractivity contribution >= 4 is 5.69 Å². The Bertz CT molecular complexity index is 727. The maximum atomic E-state index is 5.93. The van der Waals surface area contributed by atoms with E-state index in [2.05, 4.69) is 55.4 Å². The van der Waals surface area contributed by atoms with Crippen LogP contribution >= 0.6 is 0 Å². The highest BCUT2D eigenvalue weighted by atomic mass is 16.5. The minimum atomic E-state index is -0.285. The van der Waals surface area contributed by atoms with Crippen LogP contribution in [0.15, 0.2) is 65.4 Å². The van der Waals surface area contributed by atoms with Gasteiger partial charge in [-0.05, 0) is 30.5 Å². The zero-order valence-electron chi connectivity index (χ0n) is 12.2. The fourth-order valence-electron chi connectivity index (χ4n) is 2.57. The zero-order chi connectivity index (χ0) is 14.9.